The Hall–Kier alpha value is -2.22. The molecule has 1 saturated heterocycles. The number of hydrogen-bond donors (Lipinski definition) is 0. The van der Waals surface area contributed by atoms with Gasteiger partial charge in [0.2, 0.25) is 15.9 Å². The van der Waals surface area contributed by atoms with E-state index < -0.39 is 10.0 Å². The second-order valence-electron chi connectivity index (χ2n) is 8.04. The fourth-order valence-electron chi connectivity index (χ4n) is 4.52. The van der Waals surface area contributed by atoms with Crippen LogP contribution in [0.3, 0.4) is 0 Å². The van der Waals surface area contributed by atoms with Crippen molar-refractivity contribution in [3.63, 3.8) is 0 Å². The largest absolute Gasteiger partial charge is 0.309 e. The van der Waals surface area contributed by atoms with Gasteiger partial charge < -0.3 is 9.80 Å². The number of nitrogens with zero attached hydrogens (tertiary/aromatic N) is 3. The highest BCUT2D eigenvalue weighted by atomic mass is 32.2. The quantitative estimate of drug-likeness (QED) is 0.776. The molecule has 6 nitrogen and oxygen atoms in total. The highest BCUT2D eigenvalue weighted by Gasteiger charge is 2.37. The Morgan fingerprint density at radius 1 is 1.07 bits per heavy atom. The SMILES string of the molecule is CC(=O)N1c2ccc(S(=O)(=O)N3CCN(C)C[C@H]3c3ccccc3)cc2C[C@@H]1C. The Morgan fingerprint density at radius 2 is 1.79 bits per heavy atom. The minimum absolute atomic E-state index is 0.0185. The summed E-state index contributed by atoms with van der Waals surface area (Å²) in [6.45, 7) is 5.34. The standard InChI is InChI=1S/C22H27N3O3S/c1-16-13-19-14-20(9-10-21(19)25(16)17(2)26)29(27,28)24-12-11-23(3)15-22(24)18-7-5-4-6-8-18/h4-10,14,16,22H,11-13,15H2,1-3H3/t16-,22-/m0/s1. The van der Waals surface area contributed by atoms with Crippen LogP contribution in [-0.2, 0) is 21.2 Å². The number of likely N-dealkylation sites (N-methyl/N-ethyl adjacent to an activating group) is 1. The van der Waals surface area contributed by atoms with Gasteiger partial charge in [-0.1, -0.05) is 30.3 Å². The number of benzene rings is 2. The second kappa shape index (κ2) is 7.55. The van der Waals surface area contributed by atoms with Crippen LogP contribution in [0.15, 0.2) is 53.4 Å². The molecule has 7 heteroatoms. The van der Waals surface area contributed by atoms with Gasteiger partial charge >= 0.3 is 0 Å². The molecular weight excluding hydrogens is 386 g/mol. The number of sulfonamides is 1. The molecule has 2 heterocycles. The summed E-state index contributed by atoms with van der Waals surface area (Å²) in [5.74, 6) is -0.0185. The minimum Gasteiger partial charge on any atom is -0.309 e. The number of carbonyl (C=O) groups is 1. The first kappa shape index (κ1) is 20.1. The number of amides is 1. The topological polar surface area (TPSA) is 60.9 Å². The monoisotopic (exact) mass is 413 g/mol. The van der Waals surface area contributed by atoms with Gasteiger partial charge in [0.05, 0.1) is 10.9 Å². The van der Waals surface area contributed by atoms with Crippen LogP contribution in [0.5, 0.6) is 0 Å². The predicted molar refractivity (Wildman–Crippen MR) is 113 cm³/mol. The van der Waals surface area contributed by atoms with Crippen LogP contribution in [0, 0.1) is 0 Å². The van der Waals surface area contributed by atoms with E-state index in [0.29, 0.717) is 31.0 Å². The van der Waals surface area contributed by atoms with Gasteiger partial charge in [-0.2, -0.15) is 4.31 Å². The van der Waals surface area contributed by atoms with E-state index in [2.05, 4.69) is 4.90 Å². The Bertz CT molecular complexity index is 1020. The first-order chi connectivity index (χ1) is 13.8. The maximum atomic E-state index is 13.6. The number of anilines is 1. The molecule has 0 aromatic heterocycles. The fraction of sp³-hybridized carbons (Fsp3) is 0.409. The normalized spacial score (nSPS) is 23.2. The summed E-state index contributed by atoms with van der Waals surface area (Å²) in [4.78, 5) is 16.2. The number of piperazine rings is 1. The van der Waals surface area contributed by atoms with Crippen LogP contribution in [0.1, 0.15) is 31.0 Å². The summed E-state index contributed by atoms with van der Waals surface area (Å²) in [6.07, 6.45) is 0.670. The van der Waals surface area contributed by atoms with Crippen LogP contribution in [-0.4, -0.2) is 56.3 Å². The molecule has 0 unspecified atom stereocenters. The van der Waals surface area contributed by atoms with E-state index in [4.69, 9.17) is 0 Å². The molecule has 2 aromatic carbocycles. The highest BCUT2D eigenvalue weighted by Crippen LogP contribution is 2.36. The van der Waals surface area contributed by atoms with Crippen LogP contribution in [0.4, 0.5) is 5.69 Å². The Labute approximate surface area is 172 Å². The van der Waals surface area contributed by atoms with Crippen molar-refractivity contribution in [3.8, 4) is 0 Å². The van der Waals surface area contributed by atoms with Crippen molar-refractivity contribution in [2.75, 3.05) is 31.6 Å². The third kappa shape index (κ3) is 3.58. The molecule has 0 N–H and O–H groups in total. The lowest BCUT2D eigenvalue weighted by Gasteiger charge is -2.39. The molecule has 2 atom stereocenters. The molecule has 29 heavy (non-hydrogen) atoms. The van der Waals surface area contributed by atoms with E-state index in [9.17, 15) is 13.2 Å². The van der Waals surface area contributed by atoms with Gasteiger partial charge in [0, 0.05) is 38.3 Å². The molecule has 0 spiro atoms. The molecular formula is C22H27N3O3S. The molecule has 2 aliphatic rings. The summed E-state index contributed by atoms with van der Waals surface area (Å²) in [6, 6.07) is 14.8. The van der Waals surface area contributed by atoms with Crippen molar-refractivity contribution < 1.29 is 13.2 Å². The molecule has 1 fully saturated rings. The van der Waals surface area contributed by atoms with E-state index in [1.54, 1.807) is 34.3 Å². The fourth-order valence-corrected chi connectivity index (χ4v) is 6.17. The molecule has 154 valence electrons. The third-order valence-corrected chi connectivity index (χ3v) is 7.84. The average molecular weight is 414 g/mol. The number of hydrogen-bond acceptors (Lipinski definition) is 4. The molecule has 2 aliphatic heterocycles. The van der Waals surface area contributed by atoms with Crippen LogP contribution < -0.4 is 4.90 Å². The number of carbonyl (C=O) groups excluding carboxylic acids is 1. The molecule has 0 bridgehead atoms. The van der Waals surface area contributed by atoms with Crippen LogP contribution in [0.2, 0.25) is 0 Å². The van der Waals surface area contributed by atoms with Gasteiger partial charge in [-0.15, -0.1) is 0 Å². The van der Waals surface area contributed by atoms with Gasteiger partial charge in [-0.05, 0) is 49.7 Å². The van der Waals surface area contributed by atoms with Crippen molar-refractivity contribution in [3.05, 3.63) is 59.7 Å². The summed E-state index contributed by atoms with van der Waals surface area (Å²) in [7, 11) is -1.64. The van der Waals surface area contributed by atoms with Gasteiger partial charge in [-0.25, -0.2) is 8.42 Å². The smallest absolute Gasteiger partial charge is 0.243 e. The Morgan fingerprint density at radius 3 is 2.48 bits per heavy atom. The first-order valence-corrected chi connectivity index (χ1v) is 11.4. The molecule has 4 rings (SSSR count). The highest BCUT2D eigenvalue weighted by molar-refractivity contribution is 7.89. The predicted octanol–water partition coefficient (Wildman–Crippen LogP) is 2.66. The van der Waals surface area contributed by atoms with E-state index in [0.717, 1.165) is 16.8 Å². The van der Waals surface area contributed by atoms with Gasteiger partial charge in [-0.3, -0.25) is 4.79 Å². The van der Waals surface area contributed by atoms with Gasteiger partial charge in [0.15, 0.2) is 0 Å². The Balaban J connectivity index is 1.71. The number of rotatable bonds is 3. The van der Waals surface area contributed by atoms with E-state index in [1.165, 1.54) is 0 Å². The van der Waals surface area contributed by atoms with Crippen molar-refractivity contribution in [2.24, 2.45) is 0 Å². The van der Waals surface area contributed by atoms with E-state index in [1.807, 2.05) is 44.3 Å². The summed E-state index contributed by atoms with van der Waals surface area (Å²) in [5.41, 5.74) is 2.74. The number of fused-ring (bicyclic) bond motifs is 1. The van der Waals surface area contributed by atoms with Crippen LogP contribution in [0.25, 0.3) is 0 Å². The van der Waals surface area contributed by atoms with Crippen LogP contribution >= 0.6 is 0 Å². The summed E-state index contributed by atoms with van der Waals surface area (Å²) >= 11 is 0. The zero-order chi connectivity index (χ0) is 20.8. The first-order valence-electron chi connectivity index (χ1n) is 9.97. The third-order valence-electron chi connectivity index (χ3n) is 5.93. The maximum Gasteiger partial charge on any atom is 0.243 e. The molecule has 1 amide bonds. The zero-order valence-electron chi connectivity index (χ0n) is 17.1. The summed E-state index contributed by atoms with van der Waals surface area (Å²) in [5, 5.41) is 0. The molecule has 2 aromatic rings. The molecule has 0 saturated carbocycles. The molecule has 0 radical (unpaired) electrons. The lowest BCUT2D eigenvalue weighted by molar-refractivity contribution is -0.116. The van der Waals surface area contributed by atoms with E-state index in [-0.39, 0.29) is 18.0 Å². The Kier molecular flexibility index (Phi) is 5.23. The van der Waals surface area contributed by atoms with Gasteiger partial charge in [0.25, 0.3) is 0 Å². The van der Waals surface area contributed by atoms with Crippen molar-refractivity contribution in [1.82, 2.24) is 9.21 Å². The average Bonchev–Trinajstić information content (AvgIpc) is 3.03. The van der Waals surface area contributed by atoms with Crippen molar-refractivity contribution in [1.29, 1.82) is 0 Å². The lowest BCUT2D eigenvalue weighted by atomic mass is 10.1. The van der Waals surface area contributed by atoms with Gasteiger partial charge in [0.1, 0.15) is 0 Å². The second-order valence-corrected chi connectivity index (χ2v) is 9.93. The van der Waals surface area contributed by atoms with Crippen molar-refractivity contribution >= 4 is 21.6 Å². The maximum absolute atomic E-state index is 13.6. The summed E-state index contributed by atoms with van der Waals surface area (Å²) < 4.78 is 28.8. The molecule has 0 aliphatic carbocycles. The lowest BCUT2D eigenvalue weighted by Crippen LogP contribution is -2.49. The zero-order valence-corrected chi connectivity index (χ0v) is 17.9. The van der Waals surface area contributed by atoms with E-state index >= 15 is 0 Å². The minimum atomic E-state index is -3.66. The van der Waals surface area contributed by atoms with Crippen molar-refractivity contribution in [2.45, 2.75) is 37.2 Å².